The molecule has 11 aromatic rings. The number of rotatable bonds is 4. The van der Waals surface area contributed by atoms with Crippen LogP contribution in [0, 0.1) is 0 Å². The number of benzene rings is 9. The summed E-state index contributed by atoms with van der Waals surface area (Å²) in [6, 6.07) is 64.5. The Morgan fingerprint density at radius 1 is 0.302 bits per heavy atom. The average molecular weight is 675 g/mol. The van der Waals surface area contributed by atoms with Gasteiger partial charge in [-0.15, -0.1) is 0 Å². The summed E-state index contributed by atoms with van der Waals surface area (Å²) in [7, 11) is 0. The van der Waals surface area contributed by atoms with Crippen LogP contribution in [0.15, 0.2) is 182 Å². The Labute approximate surface area is 305 Å². The summed E-state index contributed by atoms with van der Waals surface area (Å²) in [5.41, 5.74) is 6.32. The molecular weight excluding hydrogens is 645 g/mol. The van der Waals surface area contributed by atoms with Crippen molar-refractivity contribution in [1.82, 2.24) is 19.5 Å². The highest BCUT2D eigenvalue weighted by molar-refractivity contribution is 6.29. The van der Waals surface area contributed by atoms with E-state index in [1.165, 1.54) is 54.1 Å². The topological polar surface area (TPSA) is 43.6 Å². The van der Waals surface area contributed by atoms with Gasteiger partial charge in [0.15, 0.2) is 17.5 Å². The van der Waals surface area contributed by atoms with Crippen LogP contribution in [0.5, 0.6) is 0 Å². The molecule has 0 radical (unpaired) electrons. The Bertz CT molecular complexity index is 3160. The molecule has 2 aromatic heterocycles. The number of fused-ring (bicyclic) bond motifs is 10. The Hall–Kier alpha value is -7.17. The molecule has 0 fully saturated rings. The molecule has 0 N–H and O–H groups in total. The molecule has 0 aliphatic carbocycles. The fraction of sp³-hybridized carbons (Fsp3) is 0. The molecule has 11 rings (SSSR count). The predicted molar refractivity (Wildman–Crippen MR) is 220 cm³/mol. The van der Waals surface area contributed by atoms with Crippen molar-refractivity contribution in [2.45, 2.75) is 0 Å². The molecule has 0 bridgehead atoms. The van der Waals surface area contributed by atoms with Crippen molar-refractivity contribution in [2.75, 3.05) is 0 Å². The lowest BCUT2D eigenvalue weighted by Gasteiger charge is -2.15. The van der Waals surface area contributed by atoms with E-state index in [1.807, 2.05) is 60.7 Å². The van der Waals surface area contributed by atoms with Crippen LogP contribution >= 0.6 is 0 Å². The number of aromatic nitrogens is 4. The van der Waals surface area contributed by atoms with Crippen LogP contribution in [0.4, 0.5) is 0 Å². The SMILES string of the molecule is c1ccc(-c2nc(-c3ccccc3)nc(-c3cccc4c(-n5c6ccccc6c6c7ccc8ccc9ccccc9c8c7ccc65)cccc34)n2)cc1. The van der Waals surface area contributed by atoms with Gasteiger partial charge >= 0.3 is 0 Å². The Kier molecular flexibility index (Phi) is 6.52. The van der Waals surface area contributed by atoms with Gasteiger partial charge in [0.05, 0.1) is 16.7 Å². The molecule has 246 valence electrons. The van der Waals surface area contributed by atoms with Gasteiger partial charge < -0.3 is 4.57 Å². The van der Waals surface area contributed by atoms with Crippen LogP contribution in [0.25, 0.3) is 105 Å². The summed E-state index contributed by atoms with van der Waals surface area (Å²) >= 11 is 0. The van der Waals surface area contributed by atoms with Gasteiger partial charge in [0, 0.05) is 32.8 Å². The summed E-state index contributed by atoms with van der Waals surface area (Å²) in [5, 5.41) is 12.3. The fourth-order valence-corrected chi connectivity index (χ4v) is 8.25. The lowest BCUT2D eigenvalue weighted by Crippen LogP contribution is -2.01. The second-order valence-electron chi connectivity index (χ2n) is 13.6. The highest BCUT2D eigenvalue weighted by atomic mass is 15.0. The average Bonchev–Trinajstić information content (AvgIpc) is 3.58. The highest BCUT2D eigenvalue weighted by Crippen LogP contribution is 2.42. The lowest BCUT2D eigenvalue weighted by atomic mass is 9.94. The van der Waals surface area contributed by atoms with Gasteiger partial charge in [0.2, 0.25) is 0 Å². The van der Waals surface area contributed by atoms with Crippen molar-refractivity contribution >= 4 is 64.9 Å². The van der Waals surface area contributed by atoms with Crippen molar-refractivity contribution in [3.63, 3.8) is 0 Å². The third kappa shape index (κ3) is 4.59. The van der Waals surface area contributed by atoms with Gasteiger partial charge in [-0.1, -0.05) is 164 Å². The first-order chi connectivity index (χ1) is 26.3. The molecule has 4 nitrogen and oxygen atoms in total. The number of hydrogen-bond donors (Lipinski definition) is 0. The number of para-hydroxylation sites is 1. The molecule has 0 saturated heterocycles. The molecule has 0 aliphatic rings. The quantitative estimate of drug-likeness (QED) is 0.175. The van der Waals surface area contributed by atoms with Gasteiger partial charge in [-0.2, -0.15) is 0 Å². The molecule has 0 amide bonds. The Balaban J connectivity index is 1.17. The van der Waals surface area contributed by atoms with Crippen LogP contribution in [-0.2, 0) is 0 Å². The maximum absolute atomic E-state index is 5.09. The third-order valence-electron chi connectivity index (χ3n) is 10.6. The van der Waals surface area contributed by atoms with Crippen molar-refractivity contribution in [3.05, 3.63) is 182 Å². The number of hydrogen-bond acceptors (Lipinski definition) is 3. The van der Waals surface area contributed by atoms with Crippen LogP contribution in [0.1, 0.15) is 0 Å². The molecule has 9 aromatic carbocycles. The van der Waals surface area contributed by atoms with Gasteiger partial charge in [0.25, 0.3) is 0 Å². The van der Waals surface area contributed by atoms with Gasteiger partial charge in [0.1, 0.15) is 0 Å². The maximum atomic E-state index is 5.09. The van der Waals surface area contributed by atoms with E-state index in [1.54, 1.807) is 0 Å². The predicted octanol–water partition coefficient (Wildman–Crippen LogP) is 12.6. The van der Waals surface area contributed by atoms with Crippen molar-refractivity contribution < 1.29 is 0 Å². The smallest absolute Gasteiger partial charge is 0.164 e. The monoisotopic (exact) mass is 674 g/mol. The molecule has 4 heteroatoms. The highest BCUT2D eigenvalue weighted by Gasteiger charge is 2.20. The fourth-order valence-electron chi connectivity index (χ4n) is 8.25. The second-order valence-corrected chi connectivity index (χ2v) is 13.6. The number of nitrogens with zero attached hydrogens (tertiary/aromatic N) is 4. The standard InChI is InChI=1S/C49H30N4/c1-3-14-33(15-4-1)47-50-48(34-16-5-2-6-17-34)52-49(51-47)40-22-11-21-37-36(40)20-12-24-42(37)53-43-23-10-9-19-41(43)46-39-28-27-32-26-25-31-13-7-8-18-35(31)45(32)38(39)29-30-44(46)53/h1-30H. The minimum atomic E-state index is 0.646. The van der Waals surface area contributed by atoms with Crippen LogP contribution in [-0.4, -0.2) is 19.5 Å². The van der Waals surface area contributed by atoms with E-state index >= 15 is 0 Å². The van der Waals surface area contributed by atoms with Crippen LogP contribution in [0.2, 0.25) is 0 Å². The first-order valence-electron chi connectivity index (χ1n) is 18.0. The van der Waals surface area contributed by atoms with Crippen LogP contribution in [0.3, 0.4) is 0 Å². The van der Waals surface area contributed by atoms with Crippen molar-refractivity contribution in [1.29, 1.82) is 0 Å². The zero-order chi connectivity index (χ0) is 34.9. The van der Waals surface area contributed by atoms with Gasteiger partial charge in [-0.3, -0.25) is 0 Å². The molecule has 0 unspecified atom stereocenters. The Morgan fingerprint density at radius 3 is 1.66 bits per heavy atom. The summed E-state index contributed by atoms with van der Waals surface area (Å²) in [6.45, 7) is 0. The molecular formula is C49H30N4. The normalized spacial score (nSPS) is 11.8. The maximum Gasteiger partial charge on any atom is 0.164 e. The van der Waals surface area contributed by atoms with Gasteiger partial charge in [-0.25, -0.2) is 15.0 Å². The Morgan fingerprint density at radius 2 is 0.868 bits per heavy atom. The molecule has 53 heavy (non-hydrogen) atoms. The molecule has 0 saturated carbocycles. The molecule has 0 spiro atoms. The zero-order valence-corrected chi connectivity index (χ0v) is 28.6. The molecule has 0 aliphatic heterocycles. The first-order valence-corrected chi connectivity index (χ1v) is 18.0. The largest absolute Gasteiger partial charge is 0.309 e. The first kappa shape index (κ1) is 29.5. The molecule has 2 heterocycles. The minimum Gasteiger partial charge on any atom is -0.309 e. The van der Waals surface area contributed by atoms with Gasteiger partial charge in [-0.05, 0) is 55.9 Å². The third-order valence-corrected chi connectivity index (χ3v) is 10.6. The van der Waals surface area contributed by atoms with E-state index in [0.29, 0.717) is 17.5 Å². The summed E-state index contributed by atoms with van der Waals surface area (Å²) in [6.07, 6.45) is 0. The molecule has 0 atom stereocenters. The lowest BCUT2D eigenvalue weighted by molar-refractivity contribution is 1.08. The van der Waals surface area contributed by atoms with Crippen molar-refractivity contribution in [3.8, 4) is 39.9 Å². The van der Waals surface area contributed by atoms with E-state index in [2.05, 4.69) is 126 Å². The minimum absolute atomic E-state index is 0.646. The second kappa shape index (κ2) is 11.7. The van der Waals surface area contributed by atoms with Crippen LogP contribution < -0.4 is 0 Å². The summed E-state index contributed by atoms with van der Waals surface area (Å²) < 4.78 is 2.43. The van der Waals surface area contributed by atoms with E-state index in [-0.39, 0.29) is 0 Å². The van der Waals surface area contributed by atoms with E-state index in [0.717, 1.165) is 33.2 Å². The summed E-state index contributed by atoms with van der Waals surface area (Å²) in [5.74, 6) is 1.95. The van der Waals surface area contributed by atoms with Crippen molar-refractivity contribution in [2.24, 2.45) is 0 Å². The van der Waals surface area contributed by atoms with E-state index in [9.17, 15) is 0 Å². The summed E-state index contributed by atoms with van der Waals surface area (Å²) in [4.78, 5) is 15.1. The van der Waals surface area contributed by atoms with E-state index < -0.39 is 0 Å². The van der Waals surface area contributed by atoms with E-state index in [4.69, 9.17) is 15.0 Å². The zero-order valence-electron chi connectivity index (χ0n) is 28.6.